The molecule has 0 aromatic heterocycles. The standard InChI is InChI=1S/C8H18N2S/c1-3-4-5-10-6-7-11-8(10)9-2/h8-9H,3-7H2,1-2H3. The van der Waals surface area contributed by atoms with E-state index in [4.69, 9.17) is 0 Å². The van der Waals surface area contributed by atoms with Gasteiger partial charge in [0.25, 0.3) is 0 Å². The highest BCUT2D eigenvalue weighted by atomic mass is 32.2. The number of thioether (sulfide) groups is 1. The fourth-order valence-corrected chi connectivity index (χ4v) is 2.51. The number of nitrogens with zero attached hydrogens (tertiary/aromatic N) is 1. The Kier molecular flexibility index (Phi) is 4.26. The van der Waals surface area contributed by atoms with Gasteiger partial charge in [0.05, 0.1) is 0 Å². The molecule has 1 unspecified atom stereocenters. The van der Waals surface area contributed by atoms with E-state index in [2.05, 4.69) is 17.1 Å². The Morgan fingerprint density at radius 2 is 2.45 bits per heavy atom. The van der Waals surface area contributed by atoms with Crippen LogP contribution in [-0.2, 0) is 0 Å². The van der Waals surface area contributed by atoms with Crippen LogP contribution in [0.1, 0.15) is 19.8 Å². The number of nitrogens with one attached hydrogen (secondary N) is 1. The van der Waals surface area contributed by atoms with Crippen molar-refractivity contribution in [2.75, 3.05) is 25.9 Å². The second kappa shape index (κ2) is 5.01. The maximum absolute atomic E-state index is 3.31. The van der Waals surface area contributed by atoms with Gasteiger partial charge in [-0.2, -0.15) is 0 Å². The molecule has 0 amide bonds. The summed E-state index contributed by atoms with van der Waals surface area (Å²) in [5, 5.41) is 3.31. The fraction of sp³-hybridized carbons (Fsp3) is 1.00. The molecule has 66 valence electrons. The van der Waals surface area contributed by atoms with Crippen LogP contribution in [0.25, 0.3) is 0 Å². The van der Waals surface area contributed by atoms with Gasteiger partial charge in [0.2, 0.25) is 0 Å². The third-order valence-corrected chi connectivity index (χ3v) is 3.30. The summed E-state index contributed by atoms with van der Waals surface area (Å²) in [6.45, 7) is 4.77. The lowest BCUT2D eigenvalue weighted by molar-refractivity contribution is 0.262. The van der Waals surface area contributed by atoms with Crippen LogP contribution in [0.3, 0.4) is 0 Å². The van der Waals surface area contributed by atoms with Crippen molar-refractivity contribution in [1.82, 2.24) is 10.2 Å². The Balaban J connectivity index is 2.20. The van der Waals surface area contributed by atoms with Gasteiger partial charge in [-0.25, -0.2) is 0 Å². The first-order valence-corrected chi connectivity index (χ1v) is 5.46. The van der Waals surface area contributed by atoms with Crippen molar-refractivity contribution in [1.29, 1.82) is 0 Å². The third kappa shape index (κ3) is 2.65. The zero-order valence-electron chi connectivity index (χ0n) is 7.47. The van der Waals surface area contributed by atoms with Crippen molar-refractivity contribution >= 4 is 11.8 Å². The van der Waals surface area contributed by atoms with Gasteiger partial charge in [0, 0.05) is 18.8 Å². The molecule has 2 nitrogen and oxygen atoms in total. The monoisotopic (exact) mass is 174 g/mol. The molecule has 1 fully saturated rings. The van der Waals surface area contributed by atoms with E-state index in [-0.39, 0.29) is 0 Å². The lowest BCUT2D eigenvalue weighted by Crippen LogP contribution is -2.37. The number of hydrogen-bond donors (Lipinski definition) is 1. The molecule has 0 aliphatic carbocycles. The van der Waals surface area contributed by atoms with Gasteiger partial charge in [0.15, 0.2) is 0 Å². The number of hydrogen-bond acceptors (Lipinski definition) is 3. The molecular formula is C8H18N2S. The number of rotatable bonds is 4. The molecule has 1 N–H and O–H groups in total. The predicted octanol–water partition coefficient (Wildman–Crippen LogP) is 1.34. The van der Waals surface area contributed by atoms with Gasteiger partial charge in [-0.1, -0.05) is 13.3 Å². The van der Waals surface area contributed by atoms with Crippen molar-refractivity contribution < 1.29 is 0 Å². The Bertz CT molecular complexity index is 108. The molecule has 1 aliphatic heterocycles. The van der Waals surface area contributed by atoms with Gasteiger partial charge in [0.1, 0.15) is 5.50 Å². The van der Waals surface area contributed by atoms with Crippen LogP contribution >= 0.6 is 11.8 Å². The van der Waals surface area contributed by atoms with Gasteiger partial charge in [-0.15, -0.1) is 11.8 Å². The molecule has 11 heavy (non-hydrogen) atoms. The van der Waals surface area contributed by atoms with Crippen LogP contribution < -0.4 is 5.32 Å². The van der Waals surface area contributed by atoms with Gasteiger partial charge in [-0.3, -0.25) is 10.2 Å². The summed E-state index contributed by atoms with van der Waals surface area (Å²) in [5.74, 6) is 1.29. The van der Waals surface area contributed by atoms with E-state index in [0.29, 0.717) is 5.50 Å². The number of unbranched alkanes of at least 4 members (excludes halogenated alkanes) is 1. The van der Waals surface area contributed by atoms with Crippen LogP contribution in [0.5, 0.6) is 0 Å². The van der Waals surface area contributed by atoms with Crippen LogP contribution in [0.4, 0.5) is 0 Å². The zero-order chi connectivity index (χ0) is 8.10. The Labute approximate surface area is 73.7 Å². The maximum atomic E-state index is 3.31. The fourth-order valence-electron chi connectivity index (χ4n) is 1.36. The zero-order valence-corrected chi connectivity index (χ0v) is 8.28. The van der Waals surface area contributed by atoms with E-state index >= 15 is 0 Å². The molecule has 0 spiro atoms. The smallest absolute Gasteiger partial charge is 0.108 e. The Hall–Kier alpha value is 0.270. The van der Waals surface area contributed by atoms with Crippen molar-refractivity contribution in [2.45, 2.75) is 25.3 Å². The minimum absolute atomic E-state index is 0.585. The molecule has 3 heteroatoms. The molecule has 1 heterocycles. The molecule has 0 radical (unpaired) electrons. The first-order chi connectivity index (χ1) is 5.38. The molecule has 0 saturated carbocycles. The van der Waals surface area contributed by atoms with Crippen molar-refractivity contribution in [3.63, 3.8) is 0 Å². The topological polar surface area (TPSA) is 15.3 Å². The normalized spacial score (nSPS) is 26.2. The summed E-state index contributed by atoms with van der Waals surface area (Å²) in [6, 6.07) is 0. The predicted molar refractivity (Wildman–Crippen MR) is 51.8 cm³/mol. The summed E-state index contributed by atoms with van der Waals surface area (Å²) < 4.78 is 0. The molecule has 0 aromatic carbocycles. The molecule has 1 rings (SSSR count). The largest absolute Gasteiger partial charge is 0.296 e. The highest BCUT2D eigenvalue weighted by Gasteiger charge is 2.21. The van der Waals surface area contributed by atoms with E-state index in [1.54, 1.807) is 0 Å². The van der Waals surface area contributed by atoms with Crippen LogP contribution in [0.15, 0.2) is 0 Å². The summed E-state index contributed by atoms with van der Waals surface area (Å²) in [5.41, 5.74) is 0.585. The third-order valence-electron chi connectivity index (χ3n) is 2.03. The van der Waals surface area contributed by atoms with E-state index in [1.165, 1.54) is 31.7 Å². The van der Waals surface area contributed by atoms with Gasteiger partial charge in [-0.05, 0) is 13.5 Å². The molecular weight excluding hydrogens is 156 g/mol. The SMILES string of the molecule is CCCCN1CCSC1NC. The second-order valence-corrected chi connectivity index (χ2v) is 4.09. The lowest BCUT2D eigenvalue weighted by atomic mass is 10.3. The molecule has 1 saturated heterocycles. The Morgan fingerprint density at radius 1 is 1.64 bits per heavy atom. The first kappa shape index (κ1) is 9.36. The van der Waals surface area contributed by atoms with Crippen molar-refractivity contribution in [3.8, 4) is 0 Å². The molecule has 1 aliphatic rings. The quantitative estimate of drug-likeness (QED) is 0.692. The van der Waals surface area contributed by atoms with Crippen LogP contribution in [0.2, 0.25) is 0 Å². The van der Waals surface area contributed by atoms with Crippen molar-refractivity contribution in [2.24, 2.45) is 0 Å². The van der Waals surface area contributed by atoms with E-state index < -0.39 is 0 Å². The Morgan fingerprint density at radius 3 is 3.09 bits per heavy atom. The highest BCUT2D eigenvalue weighted by molar-refractivity contribution is 8.00. The molecule has 0 bridgehead atoms. The minimum atomic E-state index is 0.585. The summed E-state index contributed by atoms with van der Waals surface area (Å²) in [6.07, 6.45) is 2.64. The summed E-state index contributed by atoms with van der Waals surface area (Å²) in [4.78, 5) is 2.52. The lowest BCUT2D eigenvalue weighted by Gasteiger charge is -2.22. The van der Waals surface area contributed by atoms with E-state index in [9.17, 15) is 0 Å². The maximum Gasteiger partial charge on any atom is 0.108 e. The summed E-state index contributed by atoms with van der Waals surface area (Å²) in [7, 11) is 2.04. The minimum Gasteiger partial charge on any atom is -0.296 e. The molecule has 0 aromatic rings. The molecule has 1 atom stereocenters. The summed E-state index contributed by atoms with van der Waals surface area (Å²) >= 11 is 2.02. The van der Waals surface area contributed by atoms with Crippen LogP contribution in [0, 0.1) is 0 Å². The highest BCUT2D eigenvalue weighted by Crippen LogP contribution is 2.20. The first-order valence-electron chi connectivity index (χ1n) is 4.41. The van der Waals surface area contributed by atoms with E-state index in [0.717, 1.165) is 0 Å². The average molecular weight is 174 g/mol. The van der Waals surface area contributed by atoms with Crippen LogP contribution in [-0.4, -0.2) is 36.3 Å². The van der Waals surface area contributed by atoms with Crippen molar-refractivity contribution in [3.05, 3.63) is 0 Å². The average Bonchev–Trinajstić information content (AvgIpc) is 2.47. The second-order valence-electron chi connectivity index (χ2n) is 2.90. The van der Waals surface area contributed by atoms with E-state index in [1.807, 2.05) is 18.8 Å². The van der Waals surface area contributed by atoms with Gasteiger partial charge < -0.3 is 0 Å². The van der Waals surface area contributed by atoms with Gasteiger partial charge >= 0.3 is 0 Å².